The van der Waals surface area contributed by atoms with Gasteiger partial charge in [-0.25, -0.2) is 4.39 Å². The third-order valence-corrected chi connectivity index (χ3v) is 3.74. The van der Waals surface area contributed by atoms with Crippen LogP contribution >= 0.6 is 22.6 Å². The number of aryl methyl sites for hydroxylation is 1. The molecule has 2 aromatic carbocycles. The quantitative estimate of drug-likeness (QED) is 0.802. The number of carbonyl (C=O) groups is 1. The maximum Gasteiger partial charge on any atom is 0.251 e. The van der Waals surface area contributed by atoms with Gasteiger partial charge in [0.15, 0.2) is 0 Å². The number of hydrogen-bond acceptors (Lipinski definition) is 1. The minimum atomic E-state index is -0.228. The first-order valence-corrected chi connectivity index (χ1v) is 7.43. The Morgan fingerprint density at radius 1 is 1.25 bits per heavy atom. The molecule has 104 valence electrons. The number of hydrogen-bond donors (Lipinski definition) is 1. The predicted octanol–water partition coefficient (Wildman–Crippen LogP) is 3.71. The third kappa shape index (κ3) is 4.03. The van der Waals surface area contributed by atoms with Gasteiger partial charge in [-0.3, -0.25) is 4.79 Å². The van der Waals surface area contributed by atoms with Gasteiger partial charge in [0.25, 0.3) is 5.91 Å². The van der Waals surface area contributed by atoms with Gasteiger partial charge in [-0.05, 0) is 77.4 Å². The van der Waals surface area contributed by atoms with Gasteiger partial charge in [-0.15, -0.1) is 0 Å². The van der Waals surface area contributed by atoms with E-state index in [1.807, 2.05) is 25.1 Å². The second-order valence-corrected chi connectivity index (χ2v) is 5.83. The van der Waals surface area contributed by atoms with Crippen LogP contribution in [0.5, 0.6) is 0 Å². The number of rotatable bonds is 4. The lowest BCUT2D eigenvalue weighted by atomic mass is 10.1. The first-order chi connectivity index (χ1) is 9.56. The zero-order valence-electron chi connectivity index (χ0n) is 11.1. The molecule has 0 unspecified atom stereocenters. The highest BCUT2D eigenvalue weighted by atomic mass is 127. The SMILES string of the molecule is Cc1cc(F)ccc1CCNC(=O)c1cccc(I)c1. The maximum atomic E-state index is 13.0. The summed E-state index contributed by atoms with van der Waals surface area (Å²) in [5.41, 5.74) is 2.62. The molecule has 4 heteroatoms. The van der Waals surface area contributed by atoms with Gasteiger partial charge >= 0.3 is 0 Å². The average molecular weight is 383 g/mol. The molecule has 0 saturated carbocycles. The summed E-state index contributed by atoms with van der Waals surface area (Å²) < 4.78 is 14.0. The van der Waals surface area contributed by atoms with Crippen molar-refractivity contribution >= 4 is 28.5 Å². The van der Waals surface area contributed by atoms with Crippen molar-refractivity contribution < 1.29 is 9.18 Å². The summed E-state index contributed by atoms with van der Waals surface area (Å²) in [7, 11) is 0. The van der Waals surface area contributed by atoms with Gasteiger partial charge in [0.1, 0.15) is 5.82 Å². The van der Waals surface area contributed by atoms with Crippen LogP contribution in [0.4, 0.5) is 4.39 Å². The van der Waals surface area contributed by atoms with E-state index in [-0.39, 0.29) is 11.7 Å². The van der Waals surface area contributed by atoms with Gasteiger partial charge < -0.3 is 5.32 Å². The van der Waals surface area contributed by atoms with Crippen molar-refractivity contribution in [3.05, 3.63) is 68.5 Å². The molecule has 0 saturated heterocycles. The molecule has 0 bridgehead atoms. The van der Waals surface area contributed by atoms with Gasteiger partial charge in [-0.1, -0.05) is 12.1 Å². The molecule has 20 heavy (non-hydrogen) atoms. The van der Waals surface area contributed by atoms with Crippen LogP contribution in [0.15, 0.2) is 42.5 Å². The number of carbonyl (C=O) groups excluding carboxylic acids is 1. The molecule has 0 radical (unpaired) electrons. The van der Waals surface area contributed by atoms with Crippen LogP contribution in [0.3, 0.4) is 0 Å². The molecule has 0 aliphatic heterocycles. The van der Waals surface area contributed by atoms with Crippen molar-refractivity contribution in [1.82, 2.24) is 5.32 Å². The van der Waals surface area contributed by atoms with Gasteiger partial charge in [0, 0.05) is 15.7 Å². The average Bonchev–Trinajstić information content (AvgIpc) is 2.41. The van der Waals surface area contributed by atoms with E-state index < -0.39 is 0 Å². The highest BCUT2D eigenvalue weighted by molar-refractivity contribution is 14.1. The molecule has 0 aromatic heterocycles. The Hall–Kier alpha value is -1.43. The topological polar surface area (TPSA) is 29.1 Å². The van der Waals surface area contributed by atoms with Crippen LogP contribution in [0, 0.1) is 16.3 Å². The van der Waals surface area contributed by atoms with Gasteiger partial charge in [0.2, 0.25) is 0 Å². The largest absolute Gasteiger partial charge is 0.352 e. The molecule has 2 rings (SSSR count). The molecule has 0 fully saturated rings. The van der Waals surface area contributed by atoms with Gasteiger partial charge in [0.05, 0.1) is 0 Å². The van der Waals surface area contributed by atoms with Crippen LogP contribution < -0.4 is 5.32 Å². The molecule has 0 heterocycles. The first kappa shape index (κ1) is 15.0. The summed E-state index contributed by atoms with van der Waals surface area (Å²) in [6.45, 7) is 2.41. The normalized spacial score (nSPS) is 10.3. The summed E-state index contributed by atoms with van der Waals surface area (Å²) in [6, 6.07) is 12.2. The van der Waals surface area contributed by atoms with Crippen LogP contribution in [-0.4, -0.2) is 12.5 Å². The zero-order valence-corrected chi connectivity index (χ0v) is 13.3. The standard InChI is InChI=1S/C16H15FINO/c1-11-9-14(17)6-5-12(11)7-8-19-16(20)13-3-2-4-15(18)10-13/h2-6,9-10H,7-8H2,1H3,(H,19,20). The molecule has 0 aliphatic carbocycles. The lowest BCUT2D eigenvalue weighted by Crippen LogP contribution is -2.25. The number of halogens is 2. The Morgan fingerprint density at radius 2 is 2.05 bits per heavy atom. The monoisotopic (exact) mass is 383 g/mol. The fourth-order valence-electron chi connectivity index (χ4n) is 1.98. The van der Waals surface area contributed by atoms with E-state index >= 15 is 0 Å². The Kier molecular flexibility index (Phi) is 5.11. The Morgan fingerprint density at radius 3 is 2.75 bits per heavy atom. The second-order valence-electron chi connectivity index (χ2n) is 4.59. The summed E-state index contributed by atoms with van der Waals surface area (Å²) >= 11 is 2.18. The van der Waals surface area contributed by atoms with Crippen molar-refractivity contribution in [2.24, 2.45) is 0 Å². The van der Waals surface area contributed by atoms with Crippen LogP contribution in [0.1, 0.15) is 21.5 Å². The first-order valence-electron chi connectivity index (χ1n) is 6.35. The molecular formula is C16H15FINO. The summed E-state index contributed by atoms with van der Waals surface area (Å²) in [4.78, 5) is 12.0. The third-order valence-electron chi connectivity index (χ3n) is 3.07. The smallest absolute Gasteiger partial charge is 0.251 e. The molecule has 0 atom stereocenters. The second kappa shape index (κ2) is 6.83. The van der Waals surface area contributed by atoms with Crippen molar-refractivity contribution in [2.45, 2.75) is 13.3 Å². The Labute approximate surface area is 131 Å². The Bertz CT molecular complexity index is 628. The summed E-state index contributed by atoms with van der Waals surface area (Å²) in [6.07, 6.45) is 0.696. The predicted molar refractivity (Wildman–Crippen MR) is 86.3 cm³/mol. The molecule has 1 N–H and O–H groups in total. The molecular weight excluding hydrogens is 368 g/mol. The van der Waals surface area contributed by atoms with Crippen LogP contribution in [0.25, 0.3) is 0 Å². The van der Waals surface area contributed by atoms with Crippen molar-refractivity contribution in [1.29, 1.82) is 0 Å². The molecule has 0 aliphatic rings. The van der Waals surface area contributed by atoms with Crippen molar-refractivity contribution in [3.8, 4) is 0 Å². The zero-order chi connectivity index (χ0) is 14.5. The maximum absolute atomic E-state index is 13.0. The van der Waals surface area contributed by atoms with Crippen LogP contribution in [-0.2, 0) is 6.42 Å². The lowest BCUT2D eigenvalue weighted by Gasteiger charge is -2.08. The number of amides is 1. The summed E-state index contributed by atoms with van der Waals surface area (Å²) in [5.74, 6) is -0.308. The van der Waals surface area contributed by atoms with Gasteiger partial charge in [-0.2, -0.15) is 0 Å². The van der Waals surface area contributed by atoms with Crippen molar-refractivity contribution in [3.63, 3.8) is 0 Å². The molecule has 0 spiro atoms. The van der Waals surface area contributed by atoms with E-state index in [9.17, 15) is 9.18 Å². The number of nitrogens with one attached hydrogen (secondary N) is 1. The molecule has 2 nitrogen and oxygen atoms in total. The van der Waals surface area contributed by atoms with E-state index in [1.165, 1.54) is 12.1 Å². The van der Waals surface area contributed by atoms with E-state index in [2.05, 4.69) is 27.9 Å². The Balaban J connectivity index is 1.91. The lowest BCUT2D eigenvalue weighted by molar-refractivity contribution is 0.0954. The van der Waals surface area contributed by atoms with Crippen molar-refractivity contribution in [2.75, 3.05) is 6.54 Å². The minimum absolute atomic E-state index is 0.0803. The summed E-state index contributed by atoms with van der Waals surface area (Å²) in [5, 5.41) is 2.88. The van der Waals surface area contributed by atoms with E-state index in [0.717, 1.165) is 14.7 Å². The highest BCUT2D eigenvalue weighted by Crippen LogP contribution is 2.11. The highest BCUT2D eigenvalue weighted by Gasteiger charge is 2.06. The molecule has 1 amide bonds. The fourth-order valence-corrected chi connectivity index (χ4v) is 2.53. The number of benzene rings is 2. The van der Waals surface area contributed by atoms with E-state index in [4.69, 9.17) is 0 Å². The van der Waals surface area contributed by atoms with E-state index in [0.29, 0.717) is 18.5 Å². The fraction of sp³-hybridized carbons (Fsp3) is 0.188. The van der Waals surface area contributed by atoms with Crippen LogP contribution in [0.2, 0.25) is 0 Å². The molecule has 2 aromatic rings. The van der Waals surface area contributed by atoms with E-state index in [1.54, 1.807) is 12.1 Å². The minimum Gasteiger partial charge on any atom is -0.352 e.